The molecule has 3 heteroatoms. The summed E-state index contributed by atoms with van der Waals surface area (Å²) >= 11 is 0. The maximum absolute atomic E-state index is 5.23. The Balaban J connectivity index is 2.32. The normalized spacial score (nSPS) is 19.9. The molecule has 1 aromatic rings. The van der Waals surface area contributed by atoms with Gasteiger partial charge >= 0.3 is 0 Å². The molecule has 1 aliphatic heterocycles. The highest BCUT2D eigenvalue weighted by Crippen LogP contribution is 2.32. The molecule has 1 aromatic carbocycles. The zero-order chi connectivity index (χ0) is 12.3. The van der Waals surface area contributed by atoms with Crippen LogP contribution in [0.15, 0.2) is 18.2 Å². The summed E-state index contributed by atoms with van der Waals surface area (Å²) in [6.07, 6.45) is 3.48. The Labute approximate surface area is 104 Å². The van der Waals surface area contributed by atoms with Crippen LogP contribution in [0.1, 0.15) is 30.9 Å². The van der Waals surface area contributed by atoms with Crippen LogP contribution >= 0.6 is 0 Å². The van der Waals surface area contributed by atoms with Gasteiger partial charge in [-0.25, -0.2) is 5.90 Å². The monoisotopic (exact) mass is 234 g/mol. The quantitative estimate of drug-likeness (QED) is 0.813. The number of para-hydroxylation sites is 1. The van der Waals surface area contributed by atoms with Crippen LogP contribution in [-0.4, -0.2) is 19.2 Å². The zero-order valence-corrected chi connectivity index (χ0v) is 10.8. The first-order valence-electron chi connectivity index (χ1n) is 6.44. The summed E-state index contributed by atoms with van der Waals surface area (Å²) < 4.78 is 0. The molecule has 1 unspecified atom stereocenters. The van der Waals surface area contributed by atoms with Crippen LogP contribution in [-0.2, 0) is 11.3 Å². The summed E-state index contributed by atoms with van der Waals surface area (Å²) in [6, 6.07) is 6.99. The van der Waals surface area contributed by atoms with Gasteiger partial charge in [0.25, 0.3) is 0 Å². The predicted molar refractivity (Wildman–Crippen MR) is 71.1 cm³/mol. The Morgan fingerprint density at radius 3 is 3.00 bits per heavy atom. The lowest BCUT2D eigenvalue weighted by atomic mass is 10.0. The van der Waals surface area contributed by atoms with E-state index in [1.54, 1.807) is 0 Å². The van der Waals surface area contributed by atoms with Crippen molar-refractivity contribution in [3.63, 3.8) is 0 Å². The van der Waals surface area contributed by atoms with Crippen molar-refractivity contribution in [3.8, 4) is 0 Å². The molecular formula is C14H22N2O. The molecule has 2 rings (SSSR count). The van der Waals surface area contributed by atoms with Gasteiger partial charge in [-0.05, 0) is 37.3 Å². The molecule has 0 spiro atoms. The molecule has 17 heavy (non-hydrogen) atoms. The topological polar surface area (TPSA) is 38.5 Å². The highest BCUT2D eigenvalue weighted by atomic mass is 16.6. The molecule has 3 nitrogen and oxygen atoms in total. The number of rotatable bonds is 4. The number of anilines is 1. The number of aryl methyl sites for hydroxylation is 2. The number of hydrogen-bond donors (Lipinski definition) is 1. The lowest BCUT2D eigenvalue weighted by molar-refractivity contribution is 0.124. The van der Waals surface area contributed by atoms with Gasteiger partial charge in [-0.1, -0.05) is 25.1 Å². The molecule has 0 amide bonds. The maximum atomic E-state index is 5.23. The minimum Gasteiger partial charge on any atom is -0.366 e. The molecular weight excluding hydrogens is 212 g/mol. The van der Waals surface area contributed by atoms with E-state index in [-0.39, 0.29) is 0 Å². The Hall–Kier alpha value is -1.06. The molecule has 0 bridgehead atoms. The van der Waals surface area contributed by atoms with E-state index in [1.807, 2.05) is 0 Å². The summed E-state index contributed by atoms with van der Waals surface area (Å²) in [5.41, 5.74) is 4.18. The van der Waals surface area contributed by atoms with Gasteiger partial charge in [0.15, 0.2) is 0 Å². The SMILES string of the molecule is CCc1cccc(C)c1N1CCCC1CON. The van der Waals surface area contributed by atoms with Crippen LogP contribution in [0.25, 0.3) is 0 Å². The van der Waals surface area contributed by atoms with Crippen LogP contribution in [0.4, 0.5) is 5.69 Å². The fourth-order valence-corrected chi connectivity index (χ4v) is 2.83. The molecule has 94 valence electrons. The van der Waals surface area contributed by atoms with Crippen molar-refractivity contribution in [3.05, 3.63) is 29.3 Å². The molecule has 1 saturated heterocycles. The van der Waals surface area contributed by atoms with Gasteiger partial charge < -0.3 is 9.74 Å². The lowest BCUT2D eigenvalue weighted by Gasteiger charge is -2.29. The third kappa shape index (κ3) is 2.45. The van der Waals surface area contributed by atoms with E-state index in [0.29, 0.717) is 12.6 Å². The number of hydrogen-bond acceptors (Lipinski definition) is 3. The minimum atomic E-state index is 0.436. The first-order valence-corrected chi connectivity index (χ1v) is 6.44. The Morgan fingerprint density at radius 1 is 1.47 bits per heavy atom. The summed E-state index contributed by atoms with van der Waals surface area (Å²) in [6.45, 7) is 6.14. The number of nitrogens with two attached hydrogens (primary N) is 1. The van der Waals surface area contributed by atoms with Gasteiger partial charge in [-0.15, -0.1) is 0 Å². The van der Waals surface area contributed by atoms with Gasteiger partial charge in [0.1, 0.15) is 0 Å². The van der Waals surface area contributed by atoms with Gasteiger partial charge in [-0.2, -0.15) is 0 Å². The summed E-state index contributed by atoms with van der Waals surface area (Å²) in [5.74, 6) is 5.23. The summed E-state index contributed by atoms with van der Waals surface area (Å²) in [4.78, 5) is 7.32. The summed E-state index contributed by atoms with van der Waals surface area (Å²) in [5, 5.41) is 0. The van der Waals surface area contributed by atoms with Crippen LogP contribution in [0.3, 0.4) is 0 Å². The van der Waals surface area contributed by atoms with Gasteiger partial charge in [0.2, 0.25) is 0 Å². The third-order valence-electron chi connectivity index (χ3n) is 3.66. The maximum Gasteiger partial charge on any atom is 0.0882 e. The van der Waals surface area contributed by atoms with Crippen molar-refractivity contribution in [2.45, 2.75) is 39.2 Å². The number of benzene rings is 1. The standard InChI is InChI=1S/C14H22N2O/c1-3-12-7-4-6-11(2)14(12)16-9-5-8-13(16)10-17-15/h4,6-7,13H,3,5,8-10,15H2,1-2H3. The molecule has 0 saturated carbocycles. The van der Waals surface area contributed by atoms with Gasteiger partial charge in [-0.3, -0.25) is 0 Å². The predicted octanol–water partition coefficient (Wildman–Crippen LogP) is 2.42. The zero-order valence-electron chi connectivity index (χ0n) is 10.8. The smallest absolute Gasteiger partial charge is 0.0882 e. The van der Waals surface area contributed by atoms with Gasteiger partial charge in [0, 0.05) is 12.2 Å². The van der Waals surface area contributed by atoms with E-state index >= 15 is 0 Å². The lowest BCUT2D eigenvalue weighted by Crippen LogP contribution is -2.35. The molecule has 2 N–H and O–H groups in total. The average molecular weight is 234 g/mol. The summed E-state index contributed by atoms with van der Waals surface area (Å²) in [7, 11) is 0. The third-order valence-corrected chi connectivity index (χ3v) is 3.66. The molecule has 1 atom stereocenters. The molecule has 1 heterocycles. The largest absolute Gasteiger partial charge is 0.366 e. The van der Waals surface area contributed by atoms with Gasteiger partial charge in [0.05, 0.1) is 12.6 Å². The first kappa shape index (κ1) is 12.4. The molecule has 0 aliphatic carbocycles. The van der Waals surface area contributed by atoms with Crippen molar-refractivity contribution in [2.75, 3.05) is 18.1 Å². The highest BCUT2D eigenvalue weighted by molar-refractivity contribution is 5.60. The second-order valence-electron chi connectivity index (χ2n) is 4.76. The average Bonchev–Trinajstić information content (AvgIpc) is 2.77. The molecule has 0 radical (unpaired) electrons. The van der Waals surface area contributed by atoms with Crippen molar-refractivity contribution in [2.24, 2.45) is 5.90 Å². The van der Waals surface area contributed by atoms with E-state index in [4.69, 9.17) is 10.7 Å². The van der Waals surface area contributed by atoms with E-state index < -0.39 is 0 Å². The van der Waals surface area contributed by atoms with Crippen LogP contribution in [0.2, 0.25) is 0 Å². The van der Waals surface area contributed by atoms with E-state index in [1.165, 1.54) is 29.7 Å². The molecule has 0 aromatic heterocycles. The fourth-order valence-electron chi connectivity index (χ4n) is 2.83. The van der Waals surface area contributed by atoms with Crippen molar-refractivity contribution in [1.82, 2.24) is 0 Å². The van der Waals surface area contributed by atoms with Crippen LogP contribution in [0, 0.1) is 6.92 Å². The van der Waals surface area contributed by atoms with Crippen LogP contribution < -0.4 is 10.8 Å². The van der Waals surface area contributed by atoms with E-state index in [2.05, 4.69) is 36.9 Å². The second-order valence-corrected chi connectivity index (χ2v) is 4.76. The fraction of sp³-hybridized carbons (Fsp3) is 0.571. The molecule has 1 aliphatic rings. The van der Waals surface area contributed by atoms with Crippen molar-refractivity contribution in [1.29, 1.82) is 0 Å². The first-order chi connectivity index (χ1) is 8.27. The molecule has 1 fully saturated rings. The van der Waals surface area contributed by atoms with E-state index in [0.717, 1.165) is 13.0 Å². The second kappa shape index (κ2) is 5.52. The Morgan fingerprint density at radius 2 is 2.29 bits per heavy atom. The van der Waals surface area contributed by atoms with Crippen LogP contribution in [0.5, 0.6) is 0 Å². The Bertz CT molecular complexity index is 378. The van der Waals surface area contributed by atoms with E-state index in [9.17, 15) is 0 Å². The van der Waals surface area contributed by atoms with Crippen molar-refractivity contribution >= 4 is 5.69 Å². The Kier molecular flexibility index (Phi) is 4.02. The highest BCUT2D eigenvalue weighted by Gasteiger charge is 2.27. The minimum absolute atomic E-state index is 0.436. The van der Waals surface area contributed by atoms with Crippen molar-refractivity contribution < 1.29 is 4.84 Å². The number of nitrogens with zero attached hydrogens (tertiary/aromatic N) is 1.